The van der Waals surface area contributed by atoms with Gasteiger partial charge in [0, 0.05) is 6.42 Å². The highest BCUT2D eigenvalue weighted by atomic mass is 16.4. The van der Waals surface area contributed by atoms with E-state index in [1.165, 1.54) is 18.4 Å². The van der Waals surface area contributed by atoms with Gasteiger partial charge in [0.15, 0.2) is 0 Å². The van der Waals surface area contributed by atoms with E-state index in [1.54, 1.807) is 0 Å². The highest BCUT2D eigenvalue weighted by Crippen LogP contribution is 2.33. The van der Waals surface area contributed by atoms with Crippen molar-refractivity contribution >= 4 is 5.97 Å². The maximum absolute atomic E-state index is 10.9. The van der Waals surface area contributed by atoms with Crippen LogP contribution < -0.4 is 5.73 Å². The number of benzene rings is 1. The molecule has 2 atom stereocenters. The van der Waals surface area contributed by atoms with Crippen LogP contribution in [0.25, 0.3) is 0 Å². The topological polar surface area (TPSA) is 63.3 Å². The van der Waals surface area contributed by atoms with Crippen molar-refractivity contribution in [1.82, 2.24) is 0 Å². The van der Waals surface area contributed by atoms with Crippen molar-refractivity contribution in [3.63, 3.8) is 0 Å². The summed E-state index contributed by atoms with van der Waals surface area (Å²) in [5.74, 6) is 0.360. The zero-order chi connectivity index (χ0) is 16.9. The maximum Gasteiger partial charge on any atom is 0.303 e. The summed E-state index contributed by atoms with van der Waals surface area (Å²) >= 11 is 0. The summed E-state index contributed by atoms with van der Waals surface area (Å²) in [7, 11) is 0. The van der Waals surface area contributed by atoms with Crippen LogP contribution in [-0.4, -0.2) is 17.6 Å². The molecule has 0 aliphatic rings. The summed E-state index contributed by atoms with van der Waals surface area (Å²) in [4.78, 5) is 10.9. The predicted molar refractivity (Wildman–Crippen MR) is 96.6 cm³/mol. The predicted octanol–water partition coefficient (Wildman–Crippen LogP) is 4.96. The summed E-state index contributed by atoms with van der Waals surface area (Å²) in [6.07, 6.45) is 9.06. The third kappa shape index (κ3) is 8.75. The number of unbranched alkanes of at least 4 members (excludes halogenated alkanes) is 2. The van der Waals surface area contributed by atoms with E-state index < -0.39 is 5.97 Å². The molecule has 0 radical (unpaired) electrons. The molecule has 3 nitrogen and oxygen atoms in total. The van der Waals surface area contributed by atoms with Gasteiger partial charge in [-0.2, -0.15) is 0 Å². The number of carboxylic acids is 1. The van der Waals surface area contributed by atoms with E-state index >= 15 is 0 Å². The fourth-order valence-corrected chi connectivity index (χ4v) is 3.28. The van der Waals surface area contributed by atoms with E-state index in [9.17, 15) is 4.79 Å². The van der Waals surface area contributed by atoms with Crippen molar-refractivity contribution in [3.05, 3.63) is 35.9 Å². The molecule has 0 aliphatic heterocycles. The number of nitrogens with two attached hydrogens (primary N) is 1. The van der Waals surface area contributed by atoms with Crippen molar-refractivity contribution in [3.8, 4) is 0 Å². The molecule has 0 aliphatic carbocycles. The summed E-state index contributed by atoms with van der Waals surface area (Å²) in [6.45, 7) is 2.95. The van der Waals surface area contributed by atoms with Crippen molar-refractivity contribution in [2.24, 2.45) is 11.7 Å². The van der Waals surface area contributed by atoms with Crippen molar-refractivity contribution < 1.29 is 9.90 Å². The number of carboxylic acid groups (broad SMARTS) is 1. The van der Waals surface area contributed by atoms with E-state index in [0.29, 0.717) is 18.3 Å². The van der Waals surface area contributed by atoms with E-state index in [1.807, 2.05) is 0 Å². The third-order valence-electron chi connectivity index (χ3n) is 4.63. The van der Waals surface area contributed by atoms with E-state index in [4.69, 9.17) is 10.8 Å². The van der Waals surface area contributed by atoms with Gasteiger partial charge in [0.1, 0.15) is 0 Å². The lowest BCUT2D eigenvalue weighted by molar-refractivity contribution is -0.137. The number of aliphatic carboxylic acids is 1. The molecule has 0 saturated carbocycles. The Hall–Kier alpha value is -1.35. The zero-order valence-corrected chi connectivity index (χ0v) is 14.5. The second kappa shape index (κ2) is 12.1. The van der Waals surface area contributed by atoms with Gasteiger partial charge in [-0.15, -0.1) is 0 Å². The van der Waals surface area contributed by atoms with Crippen LogP contribution in [0.2, 0.25) is 0 Å². The Bertz CT molecular complexity index is 419. The van der Waals surface area contributed by atoms with Gasteiger partial charge in [-0.3, -0.25) is 4.79 Å². The summed E-state index contributed by atoms with van der Waals surface area (Å²) < 4.78 is 0. The molecular formula is C20H33NO2. The van der Waals surface area contributed by atoms with Crippen LogP contribution in [0.15, 0.2) is 30.3 Å². The average Bonchev–Trinajstić information content (AvgIpc) is 2.56. The molecule has 130 valence electrons. The van der Waals surface area contributed by atoms with E-state index in [2.05, 4.69) is 37.3 Å². The standard InChI is InChI=1S/C20H33NO2/c1-2-3-9-17(13-14-20(22)23)16-19(12-7-8-15-21)18-10-5-4-6-11-18/h4-6,10-11,17,19H,2-3,7-9,12-16,21H2,1H3,(H,22,23). The van der Waals surface area contributed by atoms with Crippen LogP contribution in [0.5, 0.6) is 0 Å². The largest absolute Gasteiger partial charge is 0.481 e. The van der Waals surface area contributed by atoms with Crippen molar-refractivity contribution in [2.75, 3.05) is 6.54 Å². The third-order valence-corrected chi connectivity index (χ3v) is 4.63. The average molecular weight is 319 g/mol. The fourth-order valence-electron chi connectivity index (χ4n) is 3.28. The molecule has 0 spiro atoms. The molecule has 1 aromatic rings. The Balaban J connectivity index is 2.70. The molecule has 0 saturated heterocycles. The Morgan fingerprint density at radius 2 is 1.83 bits per heavy atom. The molecule has 1 rings (SSSR count). The lowest BCUT2D eigenvalue weighted by Gasteiger charge is -2.24. The molecule has 3 heteroatoms. The van der Waals surface area contributed by atoms with Crippen LogP contribution >= 0.6 is 0 Å². The molecular weight excluding hydrogens is 286 g/mol. The minimum absolute atomic E-state index is 0.290. The van der Waals surface area contributed by atoms with Gasteiger partial charge in [-0.05, 0) is 49.6 Å². The molecule has 3 N–H and O–H groups in total. The molecule has 0 amide bonds. The first-order valence-corrected chi connectivity index (χ1v) is 9.14. The fraction of sp³-hybridized carbons (Fsp3) is 0.650. The van der Waals surface area contributed by atoms with Crippen LogP contribution in [-0.2, 0) is 4.79 Å². The normalized spacial score (nSPS) is 13.7. The van der Waals surface area contributed by atoms with Gasteiger partial charge in [-0.25, -0.2) is 0 Å². The van der Waals surface area contributed by atoms with Gasteiger partial charge in [0.25, 0.3) is 0 Å². The Kier molecular flexibility index (Phi) is 10.4. The van der Waals surface area contributed by atoms with Crippen molar-refractivity contribution in [2.45, 2.75) is 70.6 Å². The Morgan fingerprint density at radius 3 is 2.43 bits per heavy atom. The van der Waals surface area contributed by atoms with Crippen LogP contribution in [0.3, 0.4) is 0 Å². The van der Waals surface area contributed by atoms with E-state index in [0.717, 1.165) is 45.1 Å². The SMILES string of the molecule is CCCCC(CCC(=O)O)CC(CCCCN)c1ccccc1. The van der Waals surface area contributed by atoms with Gasteiger partial charge in [0.05, 0.1) is 0 Å². The first kappa shape index (κ1) is 19.7. The molecule has 0 heterocycles. The van der Waals surface area contributed by atoms with Gasteiger partial charge >= 0.3 is 5.97 Å². The number of hydrogen-bond acceptors (Lipinski definition) is 2. The van der Waals surface area contributed by atoms with Gasteiger partial charge < -0.3 is 10.8 Å². The zero-order valence-electron chi connectivity index (χ0n) is 14.5. The molecule has 2 unspecified atom stereocenters. The summed E-state index contributed by atoms with van der Waals surface area (Å²) in [5, 5.41) is 9.00. The molecule has 0 fully saturated rings. The smallest absolute Gasteiger partial charge is 0.303 e. The summed E-state index contributed by atoms with van der Waals surface area (Å²) in [6, 6.07) is 10.7. The highest BCUT2D eigenvalue weighted by Gasteiger charge is 2.18. The quantitative estimate of drug-likeness (QED) is 0.505. The lowest BCUT2D eigenvalue weighted by Crippen LogP contribution is -2.11. The number of hydrogen-bond donors (Lipinski definition) is 2. The lowest BCUT2D eigenvalue weighted by atomic mass is 9.81. The summed E-state index contributed by atoms with van der Waals surface area (Å²) in [5.41, 5.74) is 7.03. The Labute approximate surface area is 141 Å². The van der Waals surface area contributed by atoms with Crippen LogP contribution in [0.4, 0.5) is 0 Å². The Morgan fingerprint density at radius 1 is 1.09 bits per heavy atom. The van der Waals surface area contributed by atoms with Crippen LogP contribution in [0, 0.1) is 5.92 Å². The molecule has 23 heavy (non-hydrogen) atoms. The highest BCUT2D eigenvalue weighted by molar-refractivity contribution is 5.66. The monoisotopic (exact) mass is 319 g/mol. The second-order valence-electron chi connectivity index (χ2n) is 6.57. The minimum atomic E-state index is -0.675. The van der Waals surface area contributed by atoms with Crippen LogP contribution in [0.1, 0.15) is 76.2 Å². The second-order valence-corrected chi connectivity index (χ2v) is 6.57. The minimum Gasteiger partial charge on any atom is -0.481 e. The van der Waals surface area contributed by atoms with Gasteiger partial charge in [-0.1, -0.05) is 62.9 Å². The first-order chi connectivity index (χ1) is 11.2. The van der Waals surface area contributed by atoms with Gasteiger partial charge in [0.2, 0.25) is 0 Å². The molecule has 0 bridgehead atoms. The first-order valence-electron chi connectivity index (χ1n) is 9.14. The maximum atomic E-state index is 10.9. The van der Waals surface area contributed by atoms with Crippen molar-refractivity contribution in [1.29, 1.82) is 0 Å². The molecule has 0 aromatic heterocycles. The molecule has 1 aromatic carbocycles. The number of carbonyl (C=O) groups is 1. The van der Waals surface area contributed by atoms with E-state index in [-0.39, 0.29) is 0 Å². The number of rotatable bonds is 13.